The minimum atomic E-state index is 0.160. The highest BCUT2D eigenvalue weighted by Gasteiger charge is 2.19. The number of rotatable bonds is 5. The van der Waals surface area contributed by atoms with Gasteiger partial charge in [0.15, 0.2) is 0 Å². The number of pyridine rings is 1. The van der Waals surface area contributed by atoms with E-state index < -0.39 is 0 Å². The minimum absolute atomic E-state index is 0.160. The van der Waals surface area contributed by atoms with Crippen molar-refractivity contribution < 1.29 is 4.79 Å². The number of nitrogens with zero attached hydrogens (tertiary/aromatic N) is 4. The van der Waals surface area contributed by atoms with E-state index in [2.05, 4.69) is 79.3 Å². The van der Waals surface area contributed by atoms with Gasteiger partial charge in [0, 0.05) is 65.0 Å². The van der Waals surface area contributed by atoms with Crippen LogP contribution in [-0.2, 0) is 4.79 Å². The Morgan fingerprint density at radius 1 is 1.07 bits per heavy atom. The largest absolute Gasteiger partial charge is 0.371 e. The van der Waals surface area contributed by atoms with E-state index in [0.717, 1.165) is 55.5 Å². The Kier molecular flexibility index (Phi) is 6.54. The number of carbonyl (C=O) groups excluding carboxylic acids is 1. The van der Waals surface area contributed by atoms with Crippen molar-refractivity contribution in [3.05, 3.63) is 36.4 Å². The average Bonchev–Trinajstić information content (AvgIpc) is 2.72. The molecule has 0 aliphatic carbocycles. The van der Waals surface area contributed by atoms with E-state index in [-0.39, 0.29) is 11.3 Å². The number of amides is 1. The minimum Gasteiger partial charge on any atom is -0.371 e. The van der Waals surface area contributed by atoms with Crippen LogP contribution in [0, 0.1) is 5.41 Å². The number of nitrogens with one attached hydrogen (secondary N) is 1. The van der Waals surface area contributed by atoms with E-state index in [1.807, 2.05) is 11.9 Å². The second-order valence-electron chi connectivity index (χ2n) is 9.27. The van der Waals surface area contributed by atoms with Crippen LogP contribution in [0.1, 0.15) is 27.7 Å². The molecule has 1 N–H and O–H groups in total. The number of hydrogen-bond acceptors (Lipinski definition) is 5. The molecule has 162 valence electrons. The van der Waals surface area contributed by atoms with Gasteiger partial charge in [-0.25, -0.2) is 4.98 Å². The SMILES string of the molecule is CNc1nc(-c2ccc(N3CCN(C(C)=O)CC3)cc2)ccc1N(C)CC(C)(C)C. The van der Waals surface area contributed by atoms with Gasteiger partial charge in [-0.2, -0.15) is 0 Å². The molecule has 2 aromatic rings. The molecule has 1 aliphatic rings. The summed E-state index contributed by atoms with van der Waals surface area (Å²) >= 11 is 0. The van der Waals surface area contributed by atoms with Crippen molar-refractivity contribution >= 4 is 23.1 Å². The van der Waals surface area contributed by atoms with Crippen molar-refractivity contribution in [2.45, 2.75) is 27.7 Å². The molecule has 0 saturated carbocycles. The maximum atomic E-state index is 11.5. The van der Waals surface area contributed by atoms with E-state index in [4.69, 9.17) is 4.98 Å². The first-order chi connectivity index (χ1) is 14.2. The molecule has 1 saturated heterocycles. The zero-order chi connectivity index (χ0) is 21.9. The molecule has 1 fully saturated rings. The van der Waals surface area contributed by atoms with Crippen LogP contribution in [0.5, 0.6) is 0 Å². The van der Waals surface area contributed by atoms with Crippen molar-refractivity contribution in [1.82, 2.24) is 9.88 Å². The standard InChI is InChI=1S/C24H35N5O/c1-18(30)28-13-15-29(16-14-28)20-9-7-19(8-10-20)21-11-12-22(23(25-5)26-21)27(6)17-24(2,3)4/h7-12H,13-17H2,1-6H3,(H,25,26). The van der Waals surface area contributed by atoms with Gasteiger partial charge < -0.3 is 20.0 Å². The molecule has 0 unspecified atom stereocenters. The number of aromatic nitrogens is 1. The lowest BCUT2D eigenvalue weighted by atomic mass is 9.96. The van der Waals surface area contributed by atoms with Gasteiger partial charge in [-0.15, -0.1) is 0 Å². The molecule has 0 spiro atoms. The Balaban J connectivity index is 1.74. The molecule has 3 rings (SSSR count). The topological polar surface area (TPSA) is 51.7 Å². The number of piperazine rings is 1. The summed E-state index contributed by atoms with van der Waals surface area (Å²) in [4.78, 5) is 22.9. The summed E-state index contributed by atoms with van der Waals surface area (Å²) in [7, 11) is 4.04. The van der Waals surface area contributed by atoms with Crippen LogP contribution >= 0.6 is 0 Å². The van der Waals surface area contributed by atoms with Gasteiger partial charge in [-0.3, -0.25) is 4.79 Å². The van der Waals surface area contributed by atoms with Crippen LogP contribution in [0.4, 0.5) is 17.2 Å². The summed E-state index contributed by atoms with van der Waals surface area (Å²) in [5.74, 6) is 1.05. The predicted octanol–water partition coefficient (Wildman–Crippen LogP) is 3.94. The number of anilines is 3. The summed E-state index contributed by atoms with van der Waals surface area (Å²) in [6, 6.07) is 12.8. The first-order valence-corrected chi connectivity index (χ1v) is 10.7. The quantitative estimate of drug-likeness (QED) is 0.811. The number of hydrogen-bond donors (Lipinski definition) is 1. The van der Waals surface area contributed by atoms with Gasteiger partial charge in [-0.1, -0.05) is 32.9 Å². The molecular weight excluding hydrogens is 374 g/mol. The molecule has 1 aliphatic heterocycles. The second kappa shape index (κ2) is 8.94. The molecule has 0 atom stereocenters. The highest BCUT2D eigenvalue weighted by molar-refractivity contribution is 5.74. The summed E-state index contributed by atoms with van der Waals surface area (Å²) < 4.78 is 0. The van der Waals surface area contributed by atoms with Crippen molar-refractivity contribution in [1.29, 1.82) is 0 Å². The summed E-state index contributed by atoms with van der Waals surface area (Å²) in [6.07, 6.45) is 0. The van der Waals surface area contributed by atoms with Gasteiger partial charge in [0.1, 0.15) is 5.82 Å². The Labute approximate surface area is 180 Å². The highest BCUT2D eigenvalue weighted by Crippen LogP contribution is 2.30. The Hall–Kier alpha value is -2.76. The molecule has 1 aromatic heterocycles. The Morgan fingerprint density at radius 2 is 1.70 bits per heavy atom. The molecular formula is C24H35N5O. The van der Waals surface area contributed by atoms with E-state index >= 15 is 0 Å². The molecule has 0 radical (unpaired) electrons. The zero-order valence-electron chi connectivity index (χ0n) is 19.2. The van der Waals surface area contributed by atoms with Gasteiger partial charge in [0.2, 0.25) is 5.91 Å². The maximum absolute atomic E-state index is 11.5. The van der Waals surface area contributed by atoms with E-state index in [9.17, 15) is 4.79 Å². The Morgan fingerprint density at radius 3 is 2.23 bits per heavy atom. The summed E-state index contributed by atoms with van der Waals surface area (Å²) in [5.41, 5.74) is 4.57. The third kappa shape index (κ3) is 5.23. The molecule has 1 aromatic carbocycles. The van der Waals surface area contributed by atoms with Crippen LogP contribution in [0.25, 0.3) is 11.3 Å². The van der Waals surface area contributed by atoms with Crippen LogP contribution in [-0.4, -0.2) is 62.6 Å². The van der Waals surface area contributed by atoms with Gasteiger partial charge in [0.25, 0.3) is 0 Å². The Bertz CT molecular complexity index is 864. The second-order valence-corrected chi connectivity index (χ2v) is 9.27. The lowest BCUT2D eigenvalue weighted by molar-refractivity contribution is -0.129. The smallest absolute Gasteiger partial charge is 0.219 e. The molecule has 0 bridgehead atoms. The van der Waals surface area contributed by atoms with E-state index in [1.54, 1.807) is 6.92 Å². The van der Waals surface area contributed by atoms with Gasteiger partial charge in [-0.05, 0) is 29.7 Å². The third-order valence-corrected chi connectivity index (χ3v) is 5.49. The fraction of sp³-hybridized carbons (Fsp3) is 0.500. The maximum Gasteiger partial charge on any atom is 0.219 e. The van der Waals surface area contributed by atoms with Crippen LogP contribution in [0.15, 0.2) is 36.4 Å². The number of carbonyl (C=O) groups is 1. The molecule has 6 heteroatoms. The van der Waals surface area contributed by atoms with Crippen molar-refractivity contribution in [3.8, 4) is 11.3 Å². The fourth-order valence-corrected chi connectivity index (χ4v) is 4.02. The lowest BCUT2D eigenvalue weighted by Gasteiger charge is -2.35. The summed E-state index contributed by atoms with van der Waals surface area (Å²) in [6.45, 7) is 12.6. The molecule has 2 heterocycles. The zero-order valence-corrected chi connectivity index (χ0v) is 19.2. The first kappa shape index (κ1) is 21.9. The normalized spacial score (nSPS) is 14.6. The average molecular weight is 410 g/mol. The number of benzene rings is 1. The first-order valence-electron chi connectivity index (χ1n) is 10.7. The van der Waals surface area contributed by atoms with Crippen molar-refractivity contribution in [2.75, 3.05) is 61.9 Å². The molecule has 30 heavy (non-hydrogen) atoms. The third-order valence-electron chi connectivity index (χ3n) is 5.49. The van der Waals surface area contributed by atoms with E-state index in [1.165, 1.54) is 5.69 Å². The van der Waals surface area contributed by atoms with Crippen molar-refractivity contribution in [2.24, 2.45) is 5.41 Å². The van der Waals surface area contributed by atoms with Crippen molar-refractivity contribution in [3.63, 3.8) is 0 Å². The fourth-order valence-electron chi connectivity index (χ4n) is 4.02. The van der Waals surface area contributed by atoms with Gasteiger partial charge in [0.05, 0.1) is 11.4 Å². The van der Waals surface area contributed by atoms with Crippen LogP contribution in [0.2, 0.25) is 0 Å². The summed E-state index contributed by atoms with van der Waals surface area (Å²) in [5, 5.41) is 3.26. The van der Waals surface area contributed by atoms with Gasteiger partial charge >= 0.3 is 0 Å². The molecule has 6 nitrogen and oxygen atoms in total. The van der Waals surface area contributed by atoms with E-state index in [0.29, 0.717) is 0 Å². The predicted molar refractivity (Wildman–Crippen MR) is 126 cm³/mol. The highest BCUT2D eigenvalue weighted by atomic mass is 16.2. The monoisotopic (exact) mass is 409 g/mol. The molecule has 1 amide bonds. The van der Waals surface area contributed by atoms with Crippen LogP contribution < -0.4 is 15.1 Å². The van der Waals surface area contributed by atoms with Crippen LogP contribution in [0.3, 0.4) is 0 Å². The lowest BCUT2D eigenvalue weighted by Crippen LogP contribution is -2.48.